The highest BCUT2D eigenvalue weighted by molar-refractivity contribution is 6.99. The Labute approximate surface area is 153 Å². The quantitative estimate of drug-likeness (QED) is 0.604. The van der Waals surface area contributed by atoms with Crippen LogP contribution in [0, 0.1) is 0 Å². The fourth-order valence-corrected chi connectivity index (χ4v) is 7.95. The van der Waals surface area contributed by atoms with E-state index < -0.39 is 8.32 Å². The van der Waals surface area contributed by atoms with Gasteiger partial charge in [-0.25, -0.2) is 0 Å². The van der Waals surface area contributed by atoms with Crippen molar-refractivity contribution in [1.29, 1.82) is 0 Å². The van der Waals surface area contributed by atoms with Crippen LogP contribution >= 0.6 is 0 Å². The Hall–Kier alpha value is -1.68. The van der Waals surface area contributed by atoms with Crippen molar-refractivity contribution >= 4 is 18.7 Å². The van der Waals surface area contributed by atoms with E-state index in [4.69, 9.17) is 9.53 Å². The molecule has 2 rings (SSSR count). The topological polar surface area (TPSA) is 29.5 Å². The van der Waals surface area contributed by atoms with Crippen LogP contribution in [0.1, 0.15) is 34.1 Å². The first kappa shape index (κ1) is 19.6. The minimum Gasteiger partial charge on any atom is -0.403 e. The summed E-state index contributed by atoms with van der Waals surface area (Å²) in [5.41, 5.74) is 1.17. The lowest BCUT2D eigenvalue weighted by molar-refractivity contribution is 0.300. The normalized spacial score (nSPS) is 13.1. The molecule has 0 saturated heterocycles. The molecular formula is C22H30O2Si. The third kappa shape index (κ3) is 4.49. The Balaban J connectivity index is 2.53. The molecule has 0 aliphatic rings. The van der Waals surface area contributed by atoms with Gasteiger partial charge in [0, 0.05) is 6.61 Å². The van der Waals surface area contributed by atoms with Gasteiger partial charge in [-0.3, -0.25) is 0 Å². The van der Waals surface area contributed by atoms with Crippen molar-refractivity contribution in [1.82, 2.24) is 0 Å². The Morgan fingerprint density at radius 2 is 1.44 bits per heavy atom. The zero-order valence-electron chi connectivity index (χ0n) is 15.8. The number of aliphatic hydroxyl groups excluding tert-OH is 1. The molecule has 0 saturated carbocycles. The summed E-state index contributed by atoms with van der Waals surface area (Å²) >= 11 is 0. The second-order valence-corrected chi connectivity index (χ2v) is 11.8. The number of hydrogen-bond donors (Lipinski definition) is 1. The number of benzene rings is 2. The van der Waals surface area contributed by atoms with E-state index >= 15 is 0 Å². The van der Waals surface area contributed by atoms with E-state index in [9.17, 15) is 0 Å². The van der Waals surface area contributed by atoms with E-state index in [2.05, 4.69) is 94.4 Å². The van der Waals surface area contributed by atoms with Crippen LogP contribution in [-0.2, 0) is 4.43 Å². The second-order valence-electron chi connectivity index (χ2n) is 7.51. The first-order valence-corrected chi connectivity index (χ1v) is 10.8. The van der Waals surface area contributed by atoms with Gasteiger partial charge in [0.15, 0.2) is 0 Å². The van der Waals surface area contributed by atoms with Gasteiger partial charge < -0.3 is 9.53 Å². The zero-order chi connectivity index (χ0) is 18.3. The molecule has 0 aromatic heterocycles. The molecule has 1 N–H and O–H groups in total. The molecule has 3 heteroatoms. The van der Waals surface area contributed by atoms with Gasteiger partial charge in [-0.2, -0.15) is 0 Å². The van der Waals surface area contributed by atoms with Crippen LogP contribution in [0.4, 0.5) is 0 Å². The molecule has 2 aromatic rings. The largest absolute Gasteiger partial charge is 0.403 e. The number of hydrogen-bond acceptors (Lipinski definition) is 2. The van der Waals surface area contributed by atoms with Gasteiger partial charge in [0.25, 0.3) is 8.32 Å². The average molecular weight is 355 g/mol. The monoisotopic (exact) mass is 354 g/mol. The van der Waals surface area contributed by atoms with Gasteiger partial charge in [0.05, 0.1) is 6.61 Å². The summed E-state index contributed by atoms with van der Waals surface area (Å²) in [6.07, 6.45) is 2.74. The summed E-state index contributed by atoms with van der Waals surface area (Å²) in [5.74, 6) is 0. The second kappa shape index (κ2) is 8.61. The van der Waals surface area contributed by atoms with Crippen LogP contribution in [0.3, 0.4) is 0 Å². The highest BCUT2D eigenvalue weighted by Crippen LogP contribution is 2.36. The third-order valence-corrected chi connectivity index (χ3v) is 9.54. The SMILES string of the molecule is CC(=CCCO)CO[Si](c1ccccc1)(c1ccccc1)C(C)(C)C. The van der Waals surface area contributed by atoms with Gasteiger partial charge in [-0.05, 0) is 28.8 Å². The van der Waals surface area contributed by atoms with E-state index in [1.807, 2.05) is 0 Å². The lowest BCUT2D eigenvalue weighted by atomic mass is 10.2. The zero-order valence-corrected chi connectivity index (χ0v) is 16.8. The molecule has 2 aromatic carbocycles. The van der Waals surface area contributed by atoms with Crippen molar-refractivity contribution < 1.29 is 9.53 Å². The highest BCUT2D eigenvalue weighted by Gasteiger charge is 2.50. The molecule has 0 amide bonds. The molecule has 0 heterocycles. The minimum atomic E-state index is -2.45. The maximum absolute atomic E-state index is 9.05. The summed E-state index contributed by atoms with van der Waals surface area (Å²) in [7, 11) is -2.45. The van der Waals surface area contributed by atoms with Gasteiger partial charge in [0.1, 0.15) is 0 Å². The molecule has 0 spiro atoms. The van der Waals surface area contributed by atoms with Crippen molar-refractivity contribution in [2.24, 2.45) is 0 Å². The summed E-state index contributed by atoms with van der Waals surface area (Å²) in [4.78, 5) is 0. The molecule has 134 valence electrons. The molecule has 0 aliphatic heterocycles. The number of rotatable bonds is 7. The van der Waals surface area contributed by atoms with Crippen LogP contribution < -0.4 is 10.4 Å². The summed E-state index contributed by atoms with van der Waals surface area (Å²) in [5, 5.41) is 11.6. The minimum absolute atomic E-state index is 0.00698. The van der Waals surface area contributed by atoms with Crippen LogP contribution in [0.2, 0.25) is 5.04 Å². The van der Waals surface area contributed by atoms with Gasteiger partial charge >= 0.3 is 0 Å². The molecule has 2 nitrogen and oxygen atoms in total. The maximum Gasteiger partial charge on any atom is 0.261 e. The van der Waals surface area contributed by atoms with Crippen LogP contribution in [0.25, 0.3) is 0 Å². The predicted octanol–water partition coefficient (Wildman–Crippen LogP) is 3.89. The summed E-state index contributed by atoms with van der Waals surface area (Å²) < 4.78 is 6.81. The van der Waals surface area contributed by atoms with Crippen molar-refractivity contribution in [3.05, 3.63) is 72.3 Å². The molecule has 0 bridgehead atoms. The molecule has 0 fully saturated rings. The van der Waals surface area contributed by atoms with Crippen molar-refractivity contribution in [3.63, 3.8) is 0 Å². The van der Waals surface area contributed by atoms with Gasteiger partial charge in [0.2, 0.25) is 0 Å². The Morgan fingerprint density at radius 1 is 0.960 bits per heavy atom. The highest BCUT2D eigenvalue weighted by atomic mass is 28.4. The molecule has 0 aliphatic carbocycles. The molecule has 25 heavy (non-hydrogen) atoms. The lowest BCUT2D eigenvalue weighted by Crippen LogP contribution is -2.66. The standard InChI is InChI=1S/C22H30O2Si/c1-19(12-11-17-23)18-24-25(22(2,3)4,20-13-7-5-8-14-20)21-15-9-6-10-16-21/h5-10,12-16,23H,11,17-18H2,1-4H3. The summed E-state index contributed by atoms with van der Waals surface area (Å²) in [6.45, 7) is 9.70. The molecule has 0 atom stereocenters. The Morgan fingerprint density at radius 3 is 1.84 bits per heavy atom. The first-order valence-electron chi connectivity index (χ1n) is 8.93. The fraction of sp³-hybridized carbons (Fsp3) is 0.364. The Kier molecular flexibility index (Phi) is 6.76. The average Bonchev–Trinajstić information content (AvgIpc) is 2.61. The fourth-order valence-electron chi connectivity index (χ4n) is 3.35. The summed E-state index contributed by atoms with van der Waals surface area (Å²) in [6, 6.07) is 21.3. The van der Waals surface area contributed by atoms with Crippen LogP contribution in [-0.4, -0.2) is 26.6 Å². The first-order chi connectivity index (χ1) is 11.9. The van der Waals surface area contributed by atoms with E-state index in [0.29, 0.717) is 13.0 Å². The van der Waals surface area contributed by atoms with E-state index in [1.165, 1.54) is 15.9 Å². The smallest absolute Gasteiger partial charge is 0.261 e. The predicted molar refractivity (Wildman–Crippen MR) is 109 cm³/mol. The molecule has 0 radical (unpaired) electrons. The van der Waals surface area contributed by atoms with Crippen molar-refractivity contribution in [2.75, 3.05) is 13.2 Å². The Bertz CT molecular complexity index is 633. The van der Waals surface area contributed by atoms with E-state index in [-0.39, 0.29) is 11.6 Å². The van der Waals surface area contributed by atoms with Crippen LogP contribution in [0.15, 0.2) is 72.3 Å². The van der Waals surface area contributed by atoms with E-state index in [1.54, 1.807) is 0 Å². The van der Waals surface area contributed by atoms with Crippen molar-refractivity contribution in [2.45, 2.75) is 39.2 Å². The number of aliphatic hydroxyl groups is 1. The van der Waals surface area contributed by atoms with Crippen molar-refractivity contribution in [3.8, 4) is 0 Å². The molecular weight excluding hydrogens is 324 g/mol. The molecule has 0 unspecified atom stereocenters. The lowest BCUT2D eigenvalue weighted by Gasteiger charge is -2.43. The third-order valence-electron chi connectivity index (χ3n) is 4.56. The van der Waals surface area contributed by atoms with Gasteiger partial charge in [-0.1, -0.05) is 93.1 Å². The maximum atomic E-state index is 9.05. The van der Waals surface area contributed by atoms with E-state index in [0.717, 1.165) is 0 Å². The van der Waals surface area contributed by atoms with Crippen LogP contribution in [0.5, 0.6) is 0 Å². The van der Waals surface area contributed by atoms with Gasteiger partial charge in [-0.15, -0.1) is 0 Å².